The molecule has 0 unspecified atom stereocenters. The van der Waals surface area contributed by atoms with E-state index in [0.717, 1.165) is 5.56 Å². The van der Waals surface area contributed by atoms with Gasteiger partial charge in [0.1, 0.15) is 5.75 Å². The average Bonchev–Trinajstić information content (AvgIpc) is 2.50. The third kappa shape index (κ3) is 3.89. The molecule has 0 heterocycles. The van der Waals surface area contributed by atoms with Crippen molar-refractivity contribution in [3.8, 4) is 5.75 Å². The standard InChI is InChI=1S/C16H19N3O2/c1-19(11-12-7-9-13(17)10-8-12)16(20)18-14-5-3-4-6-15(14)21-2/h3-10H,11,17H2,1-2H3,(H,18,20). The van der Waals surface area contributed by atoms with E-state index in [4.69, 9.17) is 10.5 Å². The highest BCUT2D eigenvalue weighted by molar-refractivity contribution is 5.90. The van der Waals surface area contributed by atoms with Crippen LogP contribution in [-0.4, -0.2) is 25.1 Å². The number of nitrogens with zero attached hydrogens (tertiary/aromatic N) is 1. The molecule has 2 amide bonds. The minimum absolute atomic E-state index is 0.198. The van der Waals surface area contributed by atoms with Gasteiger partial charge in [-0.05, 0) is 29.8 Å². The number of nitrogen functional groups attached to an aromatic ring is 1. The minimum atomic E-state index is -0.198. The molecule has 2 rings (SSSR count). The SMILES string of the molecule is COc1ccccc1NC(=O)N(C)Cc1ccc(N)cc1. The number of hydrogen-bond acceptors (Lipinski definition) is 3. The third-order valence-electron chi connectivity index (χ3n) is 3.09. The molecule has 2 aromatic carbocycles. The zero-order chi connectivity index (χ0) is 15.2. The molecule has 0 aliphatic carbocycles. The second-order valence-corrected chi connectivity index (χ2v) is 4.73. The summed E-state index contributed by atoms with van der Waals surface area (Å²) in [6.45, 7) is 0.501. The molecule has 5 heteroatoms. The molecule has 0 radical (unpaired) electrons. The lowest BCUT2D eigenvalue weighted by Crippen LogP contribution is -2.30. The van der Waals surface area contributed by atoms with E-state index in [2.05, 4.69) is 5.32 Å². The van der Waals surface area contributed by atoms with Crippen molar-refractivity contribution in [2.45, 2.75) is 6.54 Å². The number of carbonyl (C=O) groups excluding carboxylic acids is 1. The second kappa shape index (κ2) is 6.65. The van der Waals surface area contributed by atoms with Gasteiger partial charge >= 0.3 is 6.03 Å². The van der Waals surface area contributed by atoms with E-state index in [-0.39, 0.29) is 6.03 Å². The van der Waals surface area contributed by atoms with Crippen LogP contribution < -0.4 is 15.8 Å². The van der Waals surface area contributed by atoms with E-state index in [1.165, 1.54) is 0 Å². The zero-order valence-electron chi connectivity index (χ0n) is 12.2. The molecule has 0 spiro atoms. The molecule has 5 nitrogen and oxygen atoms in total. The van der Waals surface area contributed by atoms with Gasteiger partial charge in [0.25, 0.3) is 0 Å². The normalized spacial score (nSPS) is 10.0. The molecule has 21 heavy (non-hydrogen) atoms. The van der Waals surface area contributed by atoms with Crippen molar-refractivity contribution in [2.75, 3.05) is 25.2 Å². The van der Waals surface area contributed by atoms with Gasteiger partial charge in [0, 0.05) is 19.3 Å². The highest BCUT2D eigenvalue weighted by Crippen LogP contribution is 2.23. The molecule has 110 valence electrons. The summed E-state index contributed by atoms with van der Waals surface area (Å²) in [6, 6.07) is 14.6. The van der Waals surface area contributed by atoms with Crippen LogP contribution in [0.15, 0.2) is 48.5 Å². The Morgan fingerprint density at radius 3 is 2.52 bits per heavy atom. The lowest BCUT2D eigenvalue weighted by atomic mass is 10.2. The van der Waals surface area contributed by atoms with E-state index in [1.54, 1.807) is 31.2 Å². The van der Waals surface area contributed by atoms with Gasteiger partial charge in [-0.2, -0.15) is 0 Å². The molecule has 0 fully saturated rings. The number of hydrogen-bond donors (Lipinski definition) is 2. The lowest BCUT2D eigenvalue weighted by molar-refractivity contribution is 0.220. The van der Waals surface area contributed by atoms with Gasteiger partial charge < -0.3 is 20.7 Å². The number of para-hydroxylation sites is 2. The van der Waals surface area contributed by atoms with Crippen LogP contribution in [0.25, 0.3) is 0 Å². The Kier molecular flexibility index (Phi) is 4.66. The van der Waals surface area contributed by atoms with E-state index >= 15 is 0 Å². The summed E-state index contributed by atoms with van der Waals surface area (Å²) in [6.07, 6.45) is 0. The molecule has 3 N–H and O–H groups in total. The molecule has 0 bridgehead atoms. The summed E-state index contributed by atoms with van der Waals surface area (Å²) in [4.78, 5) is 13.8. The number of nitrogens with one attached hydrogen (secondary N) is 1. The van der Waals surface area contributed by atoms with Crippen LogP contribution >= 0.6 is 0 Å². The maximum Gasteiger partial charge on any atom is 0.321 e. The number of amides is 2. The van der Waals surface area contributed by atoms with Gasteiger partial charge in [0.2, 0.25) is 0 Å². The maximum atomic E-state index is 12.2. The van der Waals surface area contributed by atoms with Crippen molar-refractivity contribution in [3.05, 3.63) is 54.1 Å². The fourth-order valence-electron chi connectivity index (χ4n) is 1.93. The molecular formula is C16H19N3O2. The number of carbonyl (C=O) groups is 1. The molecule has 2 aromatic rings. The van der Waals surface area contributed by atoms with Crippen LogP contribution in [-0.2, 0) is 6.54 Å². The van der Waals surface area contributed by atoms with Crippen LogP contribution in [0, 0.1) is 0 Å². The lowest BCUT2D eigenvalue weighted by Gasteiger charge is -2.19. The number of rotatable bonds is 4. The molecule has 0 atom stereocenters. The first-order chi connectivity index (χ1) is 10.1. The number of ether oxygens (including phenoxy) is 1. The van der Waals surface area contributed by atoms with E-state index < -0.39 is 0 Å². The summed E-state index contributed by atoms with van der Waals surface area (Å²) in [5, 5.41) is 2.83. The van der Waals surface area contributed by atoms with Crippen LogP contribution in [0.3, 0.4) is 0 Å². The number of benzene rings is 2. The highest BCUT2D eigenvalue weighted by atomic mass is 16.5. The van der Waals surface area contributed by atoms with Crippen LogP contribution in [0.2, 0.25) is 0 Å². The third-order valence-corrected chi connectivity index (χ3v) is 3.09. The first kappa shape index (κ1) is 14.7. The minimum Gasteiger partial charge on any atom is -0.495 e. The Labute approximate surface area is 124 Å². The first-order valence-corrected chi connectivity index (χ1v) is 6.59. The number of nitrogens with two attached hydrogens (primary N) is 1. The van der Waals surface area contributed by atoms with Gasteiger partial charge in [-0.3, -0.25) is 0 Å². The number of methoxy groups -OCH3 is 1. The average molecular weight is 285 g/mol. The smallest absolute Gasteiger partial charge is 0.321 e. The summed E-state index contributed by atoms with van der Waals surface area (Å²) in [5.74, 6) is 0.631. The van der Waals surface area contributed by atoms with Crippen LogP contribution in [0.5, 0.6) is 5.75 Å². The second-order valence-electron chi connectivity index (χ2n) is 4.73. The zero-order valence-corrected chi connectivity index (χ0v) is 12.2. The number of urea groups is 1. The topological polar surface area (TPSA) is 67.6 Å². The van der Waals surface area contributed by atoms with Crippen molar-refractivity contribution in [3.63, 3.8) is 0 Å². The summed E-state index contributed by atoms with van der Waals surface area (Å²) < 4.78 is 5.21. The van der Waals surface area contributed by atoms with Crippen LogP contribution in [0.1, 0.15) is 5.56 Å². The molecule has 0 saturated carbocycles. The van der Waals surface area contributed by atoms with Gasteiger partial charge in [-0.1, -0.05) is 24.3 Å². The van der Waals surface area contributed by atoms with Crippen molar-refractivity contribution in [1.82, 2.24) is 4.90 Å². The maximum absolute atomic E-state index is 12.2. The summed E-state index contributed by atoms with van der Waals surface area (Å²) in [5.41, 5.74) is 8.02. The van der Waals surface area contributed by atoms with Gasteiger partial charge in [0.15, 0.2) is 0 Å². The van der Waals surface area contributed by atoms with Crippen molar-refractivity contribution in [2.24, 2.45) is 0 Å². The van der Waals surface area contributed by atoms with Crippen molar-refractivity contribution < 1.29 is 9.53 Å². The first-order valence-electron chi connectivity index (χ1n) is 6.59. The Balaban J connectivity index is 2.01. The summed E-state index contributed by atoms with van der Waals surface area (Å²) >= 11 is 0. The van der Waals surface area contributed by atoms with Gasteiger partial charge in [0.05, 0.1) is 12.8 Å². The Morgan fingerprint density at radius 2 is 1.86 bits per heavy atom. The van der Waals surface area contributed by atoms with E-state index in [1.807, 2.05) is 36.4 Å². The van der Waals surface area contributed by atoms with Crippen molar-refractivity contribution in [1.29, 1.82) is 0 Å². The van der Waals surface area contributed by atoms with E-state index in [0.29, 0.717) is 23.7 Å². The fourth-order valence-corrected chi connectivity index (χ4v) is 1.93. The molecular weight excluding hydrogens is 266 g/mol. The molecule has 0 aliphatic rings. The Hall–Kier alpha value is -2.69. The Bertz CT molecular complexity index is 611. The van der Waals surface area contributed by atoms with Gasteiger partial charge in [-0.25, -0.2) is 4.79 Å². The predicted molar refractivity (Wildman–Crippen MR) is 84.3 cm³/mol. The quantitative estimate of drug-likeness (QED) is 0.849. The van der Waals surface area contributed by atoms with E-state index in [9.17, 15) is 4.79 Å². The fraction of sp³-hybridized carbons (Fsp3) is 0.188. The summed E-state index contributed by atoms with van der Waals surface area (Å²) in [7, 11) is 3.31. The van der Waals surface area contributed by atoms with Gasteiger partial charge in [-0.15, -0.1) is 0 Å². The predicted octanol–water partition coefficient (Wildman–Crippen LogP) is 2.94. The molecule has 0 aliphatic heterocycles. The highest BCUT2D eigenvalue weighted by Gasteiger charge is 2.11. The monoisotopic (exact) mass is 285 g/mol. The molecule has 0 saturated heterocycles. The Morgan fingerprint density at radius 1 is 1.19 bits per heavy atom. The van der Waals surface area contributed by atoms with Crippen LogP contribution in [0.4, 0.5) is 16.2 Å². The number of anilines is 2. The largest absolute Gasteiger partial charge is 0.495 e. The molecule has 0 aromatic heterocycles. The van der Waals surface area contributed by atoms with Crippen molar-refractivity contribution >= 4 is 17.4 Å².